The van der Waals surface area contributed by atoms with Crippen LogP contribution in [-0.4, -0.2) is 28.9 Å². The van der Waals surface area contributed by atoms with Crippen LogP contribution < -0.4 is 5.73 Å². The maximum atomic E-state index is 11.2. The van der Waals surface area contributed by atoms with Gasteiger partial charge < -0.3 is 20.1 Å². The van der Waals surface area contributed by atoms with Crippen molar-refractivity contribution >= 4 is 11.7 Å². The minimum absolute atomic E-state index is 0.00389. The average Bonchev–Trinajstić information content (AvgIpc) is 2.41. The summed E-state index contributed by atoms with van der Waals surface area (Å²) in [5.41, 5.74) is 6.36. The van der Waals surface area contributed by atoms with E-state index in [1.807, 2.05) is 0 Å². The molecular weight excluding hydrogens is 172 g/mol. The predicted molar refractivity (Wildman–Crippen MR) is 47.2 cm³/mol. The number of hydrogen-bond acceptors (Lipinski definition) is 4. The summed E-state index contributed by atoms with van der Waals surface area (Å²) in [5, 5.41) is 8.43. The van der Waals surface area contributed by atoms with Crippen LogP contribution in [0.4, 0.5) is 5.69 Å². The molecule has 0 amide bonds. The van der Waals surface area contributed by atoms with Crippen molar-refractivity contribution in [3.63, 3.8) is 0 Å². The third kappa shape index (κ3) is 2.22. The summed E-state index contributed by atoms with van der Waals surface area (Å²) < 4.78 is 6.28. The highest BCUT2D eigenvalue weighted by molar-refractivity contribution is 5.89. The quantitative estimate of drug-likeness (QED) is 0.635. The second-order valence-electron chi connectivity index (χ2n) is 2.63. The lowest BCUT2D eigenvalue weighted by Crippen LogP contribution is -2.11. The van der Waals surface area contributed by atoms with Crippen molar-refractivity contribution in [3.05, 3.63) is 18.0 Å². The highest BCUT2D eigenvalue weighted by atomic mass is 16.5. The van der Waals surface area contributed by atoms with Gasteiger partial charge in [-0.25, -0.2) is 4.79 Å². The second kappa shape index (κ2) is 3.95. The van der Waals surface area contributed by atoms with E-state index in [1.54, 1.807) is 17.8 Å². The van der Waals surface area contributed by atoms with Gasteiger partial charge in [0.05, 0.1) is 12.3 Å². The Balaban J connectivity index is 2.70. The summed E-state index contributed by atoms with van der Waals surface area (Å²) in [5.74, 6) is -0.478. The minimum Gasteiger partial charge on any atom is -0.459 e. The number of carbonyl (C=O) groups is 1. The zero-order chi connectivity index (χ0) is 9.84. The number of nitrogens with zero attached hydrogens (tertiary/aromatic N) is 1. The fraction of sp³-hybridized carbons (Fsp3) is 0.375. The maximum Gasteiger partial charge on any atom is 0.355 e. The van der Waals surface area contributed by atoms with E-state index >= 15 is 0 Å². The molecule has 5 heteroatoms. The zero-order valence-electron chi connectivity index (χ0n) is 7.36. The molecule has 0 saturated heterocycles. The first-order valence-corrected chi connectivity index (χ1v) is 3.85. The van der Waals surface area contributed by atoms with Crippen LogP contribution in [0.2, 0.25) is 0 Å². The predicted octanol–water partition coefficient (Wildman–Crippen LogP) is -0.244. The molecule has 0 aliphatic heterocycles. The molecule has 0 aliphatic rings. The van der Waals surface area contributed by atoms with Gasteiger partial charge >= 0.3 is 5.97 Å². The van der Waals surface area contributed by atoms with Crippen LogP contribution in [0, 0.1) is 0 Å². The third-order valence-corrected chi connectivity index (χ3v) is 1.56. The molecule has 1 aromatic heterocycles. The van der Waals surface area contributed by atoms with Gasteiger partial charge in [0, 0.05) is 13.2 Å². The van der Waals surface area contributed by atoms with Crippen LogP contribution in [0.25, 0.3) is 0 Å². The summed E-state index contributed by atoms with van der Waals surface area (Å²) in [7, 11) is 1.70. The van der Waals surface area contributed by atoms with Crippen molar-refractivity contribution in [2.24, 2.45) is 7.05 Å². The number of rotatable bonds is 3. The van der Waals surface area contributed by atoms with E-state index in [-0.39, 0.29) is 13.2 Å². The number of ether oxygens (including phenoxy) is 1. The molecular formula is C8H12N2O3. The number of aliphatic hydroxyl groups is 1. The van der Waals surface area contributed by atoms with Crippen LogP contribution in [0.5, 0.6) is 0 Å². The van der Waals surface area contributed by atoms with Crippen molar-refractivity contribution in [3.8, 4) is 0 Å². The molecule has 0 saturated carbocycles. The van der Waals surface area contributed by atoms with Crippen LogP contribution in [0.15, 0.2) is 12.3 Å². The number of nitrogens with two attached hydrogens (primary N) is 1. The lowest BCUT2D eigenvalue weighted by molar-refractivity contribution is 0.0423. The molecule has 0 atom stereocenters. The van der Waals surface area contributed by atoms with Gasteiger partial charge in [-0.15, -0.1) is 0 Å². The van der Waals surface area contributed by atoms with Crippen molar-refractivity contribution in [2.75, 3.05) is 18.9 Å². The van der Waals surface area contributed by atoms with Gasteiger partial charge in [0.25, 0.3) is 0 Å². The number of nitrogen functional groups attached to an aromatic ring is 1. The van der Waals surface area contributed by atoms with Crippen LogP contribution in [0.1, 0.15) is 10.5 Å². The smallest absolute Gasteiger partial charge is 0.355 e. The Morgan fingerprint density at radius 1 is 1.77 bits per heavy atom. The maximum absolute atomic E-state index is 11.2. The van der Waals surface area contributed by atoms with Crippen molar-refractivity contribution in [1.82, 2.24) is 4.57 Å². The molecule has 0 aliphatic carbocycles. The van der Waals surface area contributed by atoms with E-state index in [4.69, 9.17) is 15.6 Å². The summed E-state index contributed by atoms with van der Waals surface area (Å²) >= 11 is 0. The molecule has 13 heavy (non-hydrogen) atoms. The van der Waals surface area contributed by atoms with E-state index in [0.29, 0.717) is 11.4 Å². The minimum atomic E-state index is -0.478. The molecule has 0 fully saturated rings. The van der Waals surface area contributed by atoms with E-state index in [1.165, 1.54) is 6.07 Å². The number of aliphatic hydroxyl groups excluding tert-OH is 1. The molecule has 0 spiro atoms. The number of anilines is 1. The molecule has 0 radical (unpaired) electrons. The van der Waals surface area contributed by atoms with Crippen molar-refractivity contribution in [1.29, 1.82) is 0 Å². The molecule has 3 N–H and O–H groups in total. The lowest BCUT2D eigenvalue weighted by Gasteiger charge is -2.02. The van der Waals surface area contributed by atoms with Gasteiger partial charge in [0.2, 0.25) is 0 Å². The van der Waals surface area contributed by atoms with Gasteiger partial charge in [-0.2, -0.15) is 0 Å². The van der Waals surface area contributed by atoms with Crippen molar-refractivity contribution < 1.29 is 14.6 Å². The molecule has 0 unspecified atom stereocenters. The SMILES string of the molecule is Cn1cc(N)cc1C(=O)OCCO. The average molecular weight is 184 g/mol. The molecule has 1 aromatic rings. The Morgan fingerprint density at radius 3 is 2.92 bits per heavy atom. The van der Waals surface area contributed by atoms with Crippen LogP contribution in [-0.2, 0) is 11.8 Å². The summed E-state index contributed by atoms with van der Waals surface area (Å²) in [4.78, 5) is 11.2. The molecule has 0 aromatic carbocycles. The van der Waals surface area contributed by atoms with Crippen LogP contribution >= 0.6 is 0 Å². The Labute approximate surface area is 75.7 Å². The molecule has 72 valence electrons. The summed E-state index contributed by atoms with van der Waals surface area (Å²) in [6.07, 6.45) is 1.62. The van der Waals surface area contributed by atoms with Gasteiger partial charge in [0.15, 0.2) is 0 Å². The van der Waals surface area contributed by atoms with Gasteiger partial charge in [-0.05, 0) is 6.07 Å². The second-order valence-corrected chi connectivity index (χ2v) is 2.63. The normalized spacial score (nSPS) is 10.0. The highest BCUT2D eigenvalue weighted by Gasteiger charge is 2.11. The Morgan fingerprint density at radius 2 is 2.46 bits per heavy atom. The molecule has 1 rings (SSSR count). The monoisotopic (exact) mass is 184 g/mol. The zero-order valence-corrected chi connectivity index (χ0v) is 7.36. The van der Waals surface area contributed by atoms with E-state index in [0.717, 1.165) is 0 Å². The molecule has 5 nitrogen and oxygen atoms in total. The Kier molecular flexibility index (Phi) is 2.92. The molecule has 1 heterocycles. The highest BCUT2D eigenvalue weighted by Crippen LogP contribution is 2.09. The number of hydrogen-bond donors (Lipinski definition) is 2. The first kappa shape index (κ1) is 9.60. The standard InChI is InChI=1S/C8H12N2O3/c1-10-5-6(9)4-7(10)8(12)13-3-2-11/h4-5,11H,2-3,9H2,1H3. The largest absolute Gasteiger partial charge is 0.459 e. The fourth-order valence-corrected chi connectivity index (χ4v) is 1.01. The first-order chi connectivity index (χ1) is 6.15. The number of esters is 1. The van der Waals surface area contributed by atoms with E-state index < -0.39 is 5.97 Å². The molecule has 0 bridgehead atoms. The summed E-state index contributed by atoms with van der Waals surface area (Å²) in [6, 6.07) is 1.53. The van der Waals surface area contributed by atoms with Crippen molar-refractivity contribution in [2.45, 2.75) is 0 Å². The Bertz CT molecular complexity index is 306. The summed E-state index contributed by atoms with van der Waals surface area (Å²) in [6.45, 7) is -0.171. The Hall–Kier alpha value is -1.49. The first-order valence-electron chi connectivity index (χ1n) is 3.85. The van der Waals surface area contributed by atoms with E-state index in [9.17, 15) is 4.79 Å². The number of aromatic nitrogens is 1. The third-order valence-electron chi connectivity index (χ3n) is 1.56. The van der Waals surface area contributed by atoms with Gasteiger partial charge in [-0.1, -0.05) is 0 Å². The number of aryl methyl sites for hydroxylation is 1. The lowest BCUT2D eigenvalue weighted by atomic mass is 10.4. The fourth-order valence-electron chi connectivity index (χ4n) is 1.01. The van der Waals surface area contributed by atoms with Gasteiger partial charge in [0.1, 0.15) is 12.3 Å². The van der Waals surface area contributed by atoms with E-state index in [2.05, 4.69) is 0 Å². The van der Waals surface area contributed by atoms with Crippen LogP contribution in [0.3, 0.4) is 0 Å². The number of carbonyl (C=O) groups excluding carboxylic acids is 1. The topological polar surface area (TPSA) is 77.5 Å². The van der Waals surface area contributed by atoms with Gasteiger partial charge in [-0.3, -0.25) is 0 Å².